The Bertz CT molecular complexity index is 706. The van der Waals surface area contributed by atoms with Crippen LogP contribution in [0, 0.1) is 6.92 Å². The van der Waals surface area contributed by atoms with Crippen LogP contribution in [0.15, 0.2) is 47.5 Å². The molecule has 4 heteroatoms. The van der Waals surface area contributed by atoms with Gasteiger partial charge >= 0.3 is 0 Å². The van der Waals surface area contributed by atoms with Gasteiger partial charge in [-0.3, -0.25) is 4.79 Å². The highest BCUT2D eigenvalue weighted by atomic mass is 16.5. The van der Waals surface area contributed by atoms with Crippen LogP contribution in [0.3, 0.4) is 0 Å². The van der Waals surface area contributed by atoms with Crippen LogP contribution >= 0.6 is 0 Å². The molecule has 2 aromatic carbocycles. The van der Waals surface area contributed by atoms with E-state index in [2.05, 4.69) is 10.3 Å². The number of nitrogens with zero attached hydrogens (tertiary/aromatic N) is 1. The third kappa shape index (κ3) is 2.05. The van der Waals surface area contributed by atoms with E-state index in [-0.39, 0.29) is 5.91 Å². The molecule has 1 heterocycles. The zero-order valence-corrected chi connectivity index (χ0v) is 11.3. The first-order valence-corrected chi connectivity index (χ1v) is 6.33. The number of fused-ring (bicyclic) bond motifs is 1. The summed E-state index contributed by atoms with van der Waals surface area (Å²) in [7, 11) is 1.62. The van der Waals surface area contributed by atoms with Crippen molar-refractivity contribution in [1.29, 1.82) is 0 Å². The number of methoxy groups -OCH3 is 1. The predicted molar refractivity (Wildman–Crippen MR) is 79.0 cm³/mol. The van der Waals surface area contributed by atoms with Crippen LogP contribution in [-0.2, 0) is 4.79 Å². The Morgan fingerprint density at radius 3 is 2.60 bits per heavy atom. The van der Waals surface area contributed by atoms with Crippen molar-refractivity contribution in [2.24, 2.45) is 4.99 Å². The highest BCUT2D eigenvalue weighted by molar-refractivity contribution is 6.54. The summed E-state index contributed by atoms with van der Waals surface area (Å²) in [6, 6.07) is 13.2. The van der Waals surface area contributed by atoms with E-state index < -0.39 is 0 Å². The van der Waals surface area contributed by atoms with Crippen molar-refractivity contribution in [2.75, 3.05) is 12.4 Å². The van der Waals surface area contributed by atoms with Gasteiger partial charge in [-0.25, -0.2) is 4.99 Å². The highest BCUT2D eigenvalue weighted by Gasteiger charge is 2.27. The van der Waals surface area contributed by atoms with Crippen LogP contribution in [-0.4, -0.2) is 18.7 Å². The Hall–Kier alpha value is -2.62. The summed E-state index contributed by atoms with van der Waals surface area (Å²) in [5.74, 6) is 0.567. The Morgan fingerprint density at radius 2 is 1.90 bits per heavy atom. The second-order valence-electron chi connectivity index (χ2n) is 4.62. The second kappa shape index (κ2) is 4.81. The van der Waals surface area contributed by atoms with Gasteiger partial charge in [-0.05, 0) is 36.8 Å². The largest absolute Gasteiger partial charge is 0.496 e. The Balaban J connectivity index is 2.12. The second-order valence-corrected chi connectivity index (χ2v) is 4.62. The molecule has 20 heavy (non-hydrogen) atoms. The molecule has 3 rings (SSSR count). The molecule has 2 aromatic rings. The first-order chi connectivity index (χ1) is 9.69. The highest BCUT2D eigenvalue weighted by Crippen LogP contribution is 2.32. The molecule has 0 saturated carbocycles. The van der Waals surface area contributed by atoms with Crippen molar-refractivity contribution >= 4 is 23.0 Å². The summed E-state index contributed by atoms with van der Waals surface area (Å²) in [6.45, 7) is 1.94. The lowest BCUT2D eigenvalue weighted by atomic mass is 10.1. The van der Waals surface area contributed by atoms with Crippen molar-refractivity contribution in [3.8, 4) is 5.75 Å². The van der Waals surface area contributed by atoms with E-state index >= 15 is 0 Å². The molecule has 0 atom stereocenters. The van der Waals surface area contributed by atoms with E-state index in [1.807, 2.05) is 49.4 Å². The van der Waals surface area contributed by atoms with E-state index in [0.717, 1.165) is 28.3 Å². The van der Waals surface area contributed by atoms with Crippen LogP contribution < -0.4 is 10.1 Å². The minimum absolute atomic E-state index is 0.184. The molecular weight excluding hydrogens is 252 g/mol. The van der Waals surface area contributed by atoms with Gasteiger partial charge in [0.05, 0.1) is 18.5 Å². The predicted octanol–water partition coefficient (Wildman–Crippen LogP) is 3.08. The molecule has 0 unspecified atom stereocenters. The maximum absolute atomic E-state index is 12.1. The lowest BCUT2D eigenvalue weighted by molar-refractivity contribution is -0.110. The number of ether oxygens (including phenoxy) is 1. The topological polar surface area (TPSA) is 50.7 Å². The van der Waals surface area contributed by atoms with E-state index in [1.54, 1.807) is 7.11 Å². The molecule has 0 radical (unpaired) electrons. The maximum atomic E-state index is 12.1. The standard InChI is InChI=1S/C16H14N2O2/c1-10-8-13-12(9-14(10)20-2)15(16(19)18-13)17-11-6-4-3-5-7-11/h3-9H,1-2H3,(H,17,18,19). The number of para-hydroxylation sites is 1. The maximum Gasteiger partial charge on any atom is 0.275 e. The molecule has 0 spiro atoms. The zero-order chi connectivity index (χ0) is 14.1. The molecule has 1 N–H and O–H groups in total. The first-order valence-electron chi connectivity index (χ1n) is 6.33. The number of rotatable bonds is 2. The van der Waals surface area contributed by atoms with Gasteiger partial charge in [-0.1, -0.05) is 18.2 Å². The van der Waals surface area contributed by atoms with Crippen molar-refractivity contribution < 1.29 is 9.53 Å². The first kappa shape index (κ1) is 12.4. The Labute approximate surface area is 117 Å². The van der Waals surface area contributed by atoms with Gasteiger partial charge in [0, 0.05) is 5.56 Å². The quantitative estimate of drug-likeness (QED) is 0.908. The van der Waals surface area contributed by atoms with E-state index in [4.69, 9.17) is 4.74 Å². The molecule has 1 amide bonds. The van der Waals surface area contributed by atoms with Crippen LogP contribution in [0.5, 0.6) is 5.75 Å². The molecule has 1 aliphatic rings. The number of carbonyl (C=O) groups excluding carboxylic acids is 1. The van der Waals surface area contributed by atoms with Crippen LogP contribution in [0.25, 0.3) is 0 Å². The Kier molecular flexibility index (Phi) is 2.99. The van der Waals surface area contributed by atoms with Crippen molar-refractivity contribution in [3.63, 3.8) is 0 Å². The summed E-state index contributed by atoms with van der Waals surface area (Å²) in [5.41, 5.74) is 3.71. The van der Waals surface area contributed by atoms with Gasteiger partial charge in [0.25, 0.3) is 5.91 Å². The minimum Gasteiger partial charge on any atom is -0.496 e. The van der Waals surface area contributed by atoms with Gasteiger partial charge in [0.2, 0.25) is 0 Å². The minimum atomic E-state index is -0.184. The lowest BCUT2D eigenvalue weighted by Crippen LogP contribution is -2.13. The number of hydrogen-bond acceptors (Lipinski definition) is 3. The SMILES string of the molecule is COc1cc2c(cc1C)NC(=O)/C2=N\c1ccccc1. The summed E-state index contributed by atoms with van der Waals surface area (Å²) in [6.07, 6.45) is 0. The fourth-order valence-corrected chi connectivity index (χ4v) is 2.25. The number of amides is 1. The number of nitrogens with one attached hydrogen (secondary N) is 1. The molecule has 0 fully saturated rings. The van der Waals surface area contributed by atoms with Crippen LogP contribution in [0.4, 0.5) is 11.4 Å². The molecule has 0 bridgehead atoms. The molecule has 0 saturated heterocycles. The summed E-state index contributed by atoms with van der Waals surface area (Å²) in [4.78, 5) is 16.5. The van der Waals surface area contributed by atoms with E-state index in [1.165, 1.54) is 0 Å². The number of hydrogen-bond donors (Lipinski definition) is 1. The molecule has 0 aliphatic carbocycles. The van der Waals surface area contributed by atoms with Crippen molar-refractivity contribution in [2.45, 2.75) is 6.92 Å². The number of aliphatic imine (C=N–C) groups is 1. The fraction of sp³-hybridized carbons (Fsp3) is 0.125. The average molecular weight is 266 g/mol. The summed E-state index contributed by atoms with van der Waals surface area (Å²) >= 11 is 0. The third-order valence-electron chi connectivity index (χ3n) is 3.25. The number of carbonyl (C=O) groups is 1. The smallest absolute Gasteiger partial charge is 0.275 e. The number of anilines is 1. The van der Waals surface area contributed by atoms with Gasteiger partial charge < -0.3 is 10.1 Å². The third-order valence-corrected chi connectivity index (χ3v) is 3.25. The number of aryl methyl sites for hydroxylation is 1. The van der Waals surface area contributed by atoms with E-state index in [9.17, 15) is 4.79 Å². The summed E-state index contributed by atoms with van der Waals surface area (Å²) < 4.78 is 5.31. The van der Waals surface area contributed by atoms with Crippen LogP contribution in [0.2, 0.25) is 0 Å². The van der Waals surface area contributed by atoms with Gasteiger partial charge in [0.15, 0.2) is 0 Å². The zero-order valence-electron chi connectivity index (χ0n) is 11.3. The number of benzene rings is 2. The van der Waals surface area contributed by atoms with Gasteiger partial charge in [0.1, 0.15) is 11.5 Å². The normalized spacial score (nSPS) is 15.1. The molecule has 100 valence electrons. The Morgan fingerprint density at radius 1 is 1.15 bits per heavy atom. The van der Waals surface area contributed by atoms with E-state index in [0.29, 0.717) is 5.71 Å². The monoisotopic (exact) mass is 266 g/mol. The molecular formula is C16H14N2O2. The van der Waals surface area contributed by atoms with Crippen molar-refractivity contribution in [3.05, 3.63) is 53.6 Å². The molecule has 4 nitrogen and oxygen atoms in total. The van der Waals surface area contributed by atoms with Crippen LogP contribution in [0.1, 0.15) is 11.1 Å². The fourth-order valence-electron chi connectivity index (χ4n) is 2.25. The average Bonchev–Trinajstić information content (AvgIpc) is 2.74. The van der Waals surface area contributed by atoms with Gasteiger partial charge in [-0.2, -0.15) is 0 Å². The molecule has 0 aromatic heterocycles. The molecule has 1 aliphatic heterocycles. The summed E-state index contributed by atoms with van der Waals surface area (Å²) in [5, 5.41) is 2.83. The van der Waals surface area contributed by atoms with Gasteiger partial charge in [-0.15, -0.1) is 0 Å². The lowest BCUT2D eigenvalue weighted by Gasteiger charge is -2.07. The van der Waals surface area contributed by atoms with Crippen molar-refractivity contribution in [1.82, 2.24) is 0 Å².